The summed E-state index contributed by atoms with van der Waals surface area (Å²) in [4.78, 5) is 38.3. The average Bonchev–Trinajstić information content (AvgIpc) is 3.42. The molecule has 452 valence electrons. The van der Waals surface area contributed by atoms with Crippen molar-refractivity contribution in [2.75, 3.05) is 13.2 Å². The first-order chi connectivity index (χ1) is 37.5. The molecule has 0 spiro atoms. The Kier molecular flexibility index (Phi) is 64.5. The second kappa shape index (κ2) is 65.9. The van der Waals surface area contributed by atoms with Crippen molar-refractivity contribution >= 4 is 17.9 Å². The molecule has 0 heterocycles. The van der Waals surface area contributed by atoms with E-state index in [0.29, 0.717) is 19.3 Å². The van der Waals surface area contributed by atoms with Crippen LogP contribution in [0.15, 0.2) is 0 Å². The lowest BCUT2D eigenvalue weighted by Gasteiger charge is -2.18. The third kappa shape index (κ3) is 63.2. The van der Waals surface area contributed by atoms with Gasteiger partial charge in [-0.25, -0.2) is 0 Å². The molecule has 6 heteroatoms. The van der Waals surface area contributed by atoms with Gasteiger partial charge in [0.25, 0.3) is 0 Å². The highest BCUT2D eigenvalue weighted by atomic mass is 16.6. The van der Waals surface area contributed by atoms with E-state index in [4.69, 9.17) is 14.2 Å². The van der Waals surface area contributed by atoms with E-state index in [2.05, 4.69) is 20.8 Å². The highest BCUT2D eigenvalue weighted by molar-refractivity contribution is 5.71. The summed E-state index contributed by atoms with van der Waals surface area (Å²) in [6.45, 7) is 6.73. The smallest absolute Gasteiger partial charge is 0.306 e. The minimum absolute atomic E-state index is 0.0604. The second-order valence-corrected chi connectivity index (χ2v) is 24.2. The van der Waals surface area contributed by atoms with Gasteiger partial charge in [-0.1, -0.05) is 374 Å². The second-order valence-electron chi connectivity index (χ2n) is 24.2. The van der Waals surface area contributed by atoms with Crippen LogP contribution in [0, 0.1) is 0 Å². The SMILES string of the molecule is CCCCCCCCCCCCCCCCCCCCCCCCCCCCCCCC(=O)OCC(COC(=O)CCCCCCCCCCCCCCC)OC(=O)CCCCCCCCCCCCCCCCCC. The molecular formula is C70H136O6. The van der Waals surface area contributed by atoms with Gasteiger partial charge < -0.3 is 14.2 Å². The van der Waals surface area contributed by atoms with E-state index in [-0.39, 0.29) is 31.1 Å². The number of carbonyl (C=O) groups excluding carboxylic acids is 3. The molecule has 1 atom stereocenters. The van der Waals surface area contributed by atoms with Gasteiger partial charge in [0, 0.05) is 19.3 Å². The molecule has 0 saturated heterocycles. The van der Waals surface area contributed by atoms with E-state index in [1.165, 1.54) is 315 Å². The van der Waals surface area contributed by atoms with Crippen molar-refractivity contribution < 1.29 is 28.6 Å². The van der Waals surface area contributed by atoms with E-state index >= 15 is 0 Å². The Labute approximate surface area is 476 Å². The fourth-order valence-corrected chi connectivity index (χ4v) is 11.1. The van der Waals surface area contributed by atoms with Gasteiger partial charge in [-0.15, -0.1) is 0 Å². The molecule has 76 heavy (non-hydrogen) atoms. The molecule has 0 fully saturated rings. The summed E-state index contributed by atoms with van der Waals surface area (Å²) in [6, 6.07) is 0. The zero-order chi connectivity index (χ0) is 55.0. The Morgan fingerprint density at radius 3 is 0.526 bits per heavy atom. The zero-order valence-electron chi connectivity index (χ0n) is 52.1. The van der Waals surface area contributed by atoms with Crippen LogP contribution in [0.3, 0.4) is 0 Å². The summed E-state index contributed by atoms with van der Waals surface area (Å²) in [7, 11) is 0. The predicted molar refractivity (Wildman–Crippen MR) is 330 cm³/mol. The van der Waals surface area contributed by atoms with Crippen LogP contribution in [0.4, 0.5) is 0 Å². The first-order valence-corrected chi connectivity index (χ1v) is 35.0. The van der Waals surface area contributed by atoms with Gasteiger partial charge in [-0.2, -0.15) is 0 Å². The molecule has 0 radical (unpaired) electrons. The number of esters is 3. The molecule has 0 aliphatic rings. The van der Waals surface area contributed by atoms with Gasteiger partial charge in [0.2, 0.25) is 0 Å². The Bertz CT molecular complexity index is 1140. The van der Waals surface area contributed by atoms with E-state index in [0.717, 1.165) is 57.8 Å². The largest absolute Gasteiger partial charge is 0.462 e. The normalized spacial score (nSPS) is 11.9. The first-order valence-electron chi connectivity index (χ1n) is 35.0. The summed E-state index contributed by atoms with van der Waals surface area (Å²) >= 11 is 0. The van der Waals surface area contributed by atoms with E-state index < -0.39 is 6.10 Å². The van der Waals surface area contributed by atoms with Crippen LogP contribution in [0.2, 0.25) is 0 Å². The average molecular weight is 1070 g/mol. The van der Waals surface area contributed by atoms with Crippen LogP contribution in [0.25, 0.3) is 0 Å². The van der Waals surface area contributed by atoms with Crippen LogP contribution in [-0.4, -0.2) is 37.2 Å². The van der Waals surface area contributed by atoms with E-state index in [1.807, 2.05) is 0 Å². The lowest BCUT2D eigenvalue weighted by Crippen LogP contribution is -2.30. The maximum Gasteiger partial charge on any atom is 0.306 e. The molecule has 6 nitrogen and oxygen atoms in total. The molecule has 0 saturated carbocycles. The summed E-state index contributed by atoms with van der Waals surface area (Å²) in [6.07, 6.45) is 77.1. The Balaban J connectivity index is 4.11. The quantitative estimate of drug-likeness (QED) is 0.0343. The topological polar surface area (TPSA) is 78.9 Å². The van der Waals surface area contributed by atoms with Gasteiger partial charge in [0.1, 0.15) is 13.2 Å². The van der Waals surface area contributed by atoms with Crippen molar-refractivity contribution in [3.8, 4) is 0 Å². The Morgan fingerprint density at radius 1 is 0.211 bits per heavy atom. The molecule has 0 aliphatic heterocycles. The predicted octanol–water partition coefficient (Wildman–Crippen LogP) is 23.8. The van der Waals surface area contributed by atoms with E-state index in [1.54, 1.807) is 0 Å². The van der Waals surface area contributed by atoms with Gasteiger partial charge in [0.05, 0.1) is 0 Å². The standard InChI is InChI=1S/C70H136O6/c1-4-7-10-13-16-19-22-25-27-29-30-31-32-33-34-35-36-37-38-39-40-41-43-45-48-51-54-57-60-63-69(72)75-66-67(65-74-68(71)62-59-56-53-50-47-44-24-21-18-15-12-9-6-3)76-70(73)64-61-58-55-52-49-46-42-28-26-23-20-17-14-11-8-5-2/h67H,4-66H2,1-3H3. The van der Waals surface area contributed by atoms with Gasteiger partial charge in [-0.05, 0) is 19.3 Å². The molecule has 0 aliphatic carbocycles. The minimum Gasteiger partial charge on any atom is -0.462 e. The third-order valence-corrected chi connectivity index (χ3v) is 16.4. The highest BCUT2D eigenvalue weighted by Crippen LogP contribution is 2.19. The molecule has 0 amide bonds. The van der Waals surface area contributed by atoms with E-state index in [9.17, 15) is 14.4 Å². The maximum absolute atomic E-state index is 12.9. The Hall–Kier alpha value is -1.59. The number of unbranched alkanes of at least 4 members (excludes halogenated alkanes) is 55. The fraction of sp³-hybridized carbons (Fsp3) is 0.957. The molecule has 0 aromatic rings. The molecule has 0 N–H and O–H groups in total. The zero-order valence-corrected chi connectivity index (χ0v) is 52.1. The molecular weight excluding hydrogens is 937 g/mol. The van der Waals surface area contributed by atoms with Gasteiger partial charge in [0.15, 0.2) is 6.10 Å². The first kappa shape index (κ1) is 74.4. The minimum atomic E-state index is -0.762. The fourth-order valence-electron chi connectivity index (χ4n) is 11.1. The number of rotatable bonds is 66. The molecule has 0 rings (SSSR count). The highest BCUT2D eigenvalue weighted by Gasteiger charge is 2.19. The summed E-state index contributed by atoms with van der Waals surface area (Å²) in [5.74, 6) is -0.823. The summed E-state index contributed by atoms with van der Waals surface area (Å²) < 4.78 is 17.0. The lowest BCUT2D eigenvalue weighted by molar-refractivity contribution is -0.167. The van der Waals surface area contributed by atoms with Gasteiger partial charge >= 0.3 is 17.9 Å². The van der Waals surface area contributed by atoms with Crippen LogP contribution in [-0.2, 0) is 28.6 Å². The van der Waals surface area contributed by atoms with Gasteiger partial charge in [-0.3, -0.25) is 14.4 Å². The Morgan fingerprint density at radius 2 is 0.355 bits per heavy atom. The van der Waals surface area contributed by atoms with Crippen LogP contribution >= 0.6 is 0 Å². The molecule has 1 unspecified atom stereocenters. The van der Waals surface area contributed by atoms with Crippen molar-refractivity contribution in [3.05, 3.63) is 0 Å². The van der Waals surface area contributed by atoms with Crippen molar-refractivity contribution in [3.63, 3.8) is 0 Å². The number of hydrogen-bond acceptors (Lipinski definition) is 6. The van der Waals surface area contributed by atoms with Crippen LogP contribution in [0.1, 0.15) is 412 Å². The number of hydrogen-bond donors (Lipinski definition) is 0. The van der Waals surface area contributed by atoms with Crippen molar-refractivity contribution in [2.24, 2.45) is 0 Å². The van der Waals surface area contributed by atoms with Crippen LogP contribution < -0.4 is 0 Å². The molecule has 0 bridgehead atoms. The number of carbonyl (C=O) groups is 3. The lowest BCUT2D eigenvalue weighted by atomic mass is 10.0. The molecule has 0 aromatic carbocycles. The molecule has 0 aromatic heterocycles. The third-order valence-electron chi connectivity index (χ3n) is 16.4. The van der Waals surface area contributed by atoms with Crippen molar-refractivity contribution in [1.29, 1.82) is 0 Å². The van der Waals surface area contributed by atoms with Crippen molar-refractivity contribution in [1.82, 2.24) is 0 Å². The van der Waals surface area contributed by atoms with Crippen LogP contribution in [0.5, 0.6) is 0 Å². The number of ether oxygens (including phenoxy) is 3. The monoisotopic (exact) mass is 1070 g/mol. The summed E-state index contributed by atoms with van der Waals surface area (Å²) in [5.41, 5.74) is 0. The van der Waals surface area contributed by atoms with Crippen molar-refractivity contribution in [2.45, 2.75) is 419 Å². The maximum atomic E-state index is 12.9. The summed E-state index contributed by atoms with van der Waals surface area (Å²) in [5, 5.41) is 0.